The molecule has 0 spiro atoms. The number of ether oxygens (including phenoxy) is 3. The van der Waals surface area contributed by atoms with Gasteiger partial charge in [0.25, 0.3) is 0 Å². The van der Waals surface area contributed by atoms with Gasteiger partial charge in [-0.15, -0.1) is 12.4 Å². The number of unbranched alkanes of at least 4 members (excludes halogenated alkanes) is 11. The molecule has 1 amide bonds. The fourth-order valence-electron chi connectivity index (χ4n) is 8.44. The number of benzene rings is 2. The third kappa shape index (κ3) is 11.3. The number of halogens is 1. The normalized spacial score (nSPS) is 23.8. The predicted octanol–water partition coefficient (Wildman–Crippen LogP) is 6.36. The van der Waals surface area contributed by atoms with Crippen molar-refractivity contribution in [2.45, 2.75) is 159 Å². The third-order valence-electron chi connectivity index (χ3n) is 11.8. The van der Waals surface area contributed by atoms with Crippen LogP contribution in [0.1, 0.15) is 166 Å². The van der Waals surface area contributed by atoms with Crippen LogP contribution >= 0.6 is 12.4 Å². The van der Waals surface area contributed by atoms with E-state index in [9.17, 15) is 39.9 Å². The maximum Gasteiger partial charge on any atom is 0.240 e. The van der Waals surface area contributed by atoms with Gasteiger partial charge in [0.1, 0.15) is 22.8 Å². The highest BCUT2D eigenvalue weighted by Gasteiger charge is 2.49. The first-order valence-electron chi connectivity index (χ1n) is 21.3. The zero-order chi connectivity index (χ0) is 42.7. The molecule has 0 radical (unpaired) electrons. The van der Waals surface area contributed by atoms with Gasteiger partial charge in [-0.2, -0.15) is 5.10 Å². The minimum atomic E-state index is -2.09. The molecule has 6 atom stereocenters. The van der Waals surface area contributed by atoms with E-state index in [1.807, 2.05) is 0 Å². The number of rotatable bonds is 21. The number of aromatic hydroxyl groups is 2. The summed E-state index contributed by atoms with van der Waals surface area (Å²) >= 11 is 0. The number of nitrogens with zero attached hydrogens (tertiary/aromatic N) is 1. The Labute approximate surface area is 359 Å². The van der Waals surface area contributed by atoms with E-state index in [1.165, 1.54) is 63.8 Å². The van der Waals surface area contributed by atoms with Gasteiger partial charge in [0.2, 0.25) is 11.7 Å². The van der Waals surface area contributed by atoms with E-state index < -0.39 is 89.4 Å². The van der Waals surface area contributed by atoms with Gasteiger partial charge in [-0.1, -0.05) is 82.6 Å². The summed E-state index contributed by atoms with van der Waals surface area (Å²) in [4.78, 5) is 40.8. The largest absolute Gasteiger partial charge is 0.507 e. The maximum atomic E-state index is 14.0. The molecule has 2 aliphatic carbocycles. The number of phenols is 2. The molecule has 0 unspecified atom stereocenters. The van der Waals surface area contributed by atoms with Crippen LogP contribution < -0.4 is 15.9 Å². The van der Waals surface area contributed by atoms with Gasteiger partial charge in [-0.05, 0) is 45.1 Å². The molecular weight excluding hydrogens is 794 g/mol. The molecule has 1 saturated heterocycles. The van der Waals surface area contributed by atoms with Crippen molar-refractivity contribution in [2.75, 3.05) is 13.7 Å². The average Bonchev–Trinajstić information content (AvgIpc) is 3.21. The van der Waals surface area contributed by atoms with E-state index in [4.69, 9.17) is 19.9 Å². The Balaban J connectivity index is 0.00000794. The van der Waals surface area contributed by atoms with Crippen LogP contribution in [0.15, 0.2) is 35.5 Å². The van der Waals surface area contributed by atoms with Crippen LogP contribution in [0, 0.1) is 0 Å². The van der Waals surface area contributed by atoms with E-state index in [0.717, 1.165) is 38.5 Å². The molecule has 0 saturated carbocycles. The molecule has 0 bridgehead atoms. The smallest absolute Gasteiger partial charge is 0.240 e. The fraction of sp³-hybridized carbons (Fsp3) is 0.600. The average molecular weight is 858 g/mol. The zero-order valence-electron chi connectivity index (χ0n) is 35.1. The number of nitrogens with one attached hydrogen (secondary N) is 1. The standard InChI is InChI=1S/C45H63N3O11.ClH/c1-4-5-6-7-8-9-10-11-12-13-14-15-16-17-18-22-34(50)48-47-33(26-49)45(56)24-29-37(32(25-45)59-35-23-30(46)40(51)27(2)58-35)44(55)39-38(42(29)53)41(52)28-20-19-21-31(57-3)36(28)43(39)54;/h11-12,19-21,27,30,32,35,40,49,51,53,55-56H,4-10,13-18,22-26,46H2,1-3H3,(H,48,50);1H/b12-11-,47-33+;/t27-,30-,32-,35-,40+,45-;/m0./s1. The molecule has 2 aromatic rings. The third-order valence-corrected chi connectivity index (χ3v) is 11.8. The first-order chi connectivity index (χ1) is 28.4. The van der Waals surface area contributed by atoms with E-state index in [0.29, 0.717) is 6.42 Å². The lowest BCUT2D eigenvalue weighted by Crippen LogP contribution is -2.53. The van der Waals surface area contributed by atoms with E-state index in [-0.39, 0.29) is 65.4 Å². The summed E-state index contributed by atoms with van der Waals surface area (Å²) in [5, 5.41) is 60.9. The number of hydrogen-bond donors (Lipinski definition) is 7. The molecule has 60 heavy (non-hydrogen) atoms. The van der Waals surface area contributed by atoms with Crippen molar-refractivity contribution in [3.05, 3.63) is 63.7 Å². The number of carbonyl (C=O) groups is 3. The Morgan fingerprint density at radius 2 is 1.60 bits per heavy atom. The number of fused-ring (bicyclic) bond motifs is 3. The second kappa shape index (κ2) is 22.8. The molecule has 1 fully saturated rings. The zero-order valence-corrected chi connectivity index (χ0v) is 35.9. The predicted molar refractivity (Wildman–Crippen MR) is 229 cm³/mol. The number of aliphatic hydroxyl groups excluding tert-OH is 2. The fourth-order valence-corrected chi connectivity index (χ4v) is 8.44. The van der Waals surface area contributed by atoms with E-state index in [1.54, 1.807) is 6.92 Å². The van der Waals surface area contributed by atoms with Gasteiger partial charge in [-0.25, -0.2) is 5.43 Å². The first kappa shape index (κ1) is 48.8. The quantitative estimate of drug-likeness (QED) is 0.0204. The molecule has 0 aromatic heterocycles. The molecule has 14 nitrogen and oxygen atoms in total. The Hall–Kier alpha value is -3.89. The molecule has 332 valence electrons. The molecule has 2 aromatic carbocycles. The van der Waals surface area contributed by atoms with Crippen LogP contribution in [0.5, 0.6) is 17.2 Å². The summed E-state index contributed by atoms with van der Waals surface area (Å²) in [5.74, 6) is -3.13. The number of phenolic OH excluding ortho intramolecular Hbond substituents is 2. The van der Waals surface area contributed by atoms with Crippen LogP contribution in [0.3, 0.4) is 0 Å². The Kier molecular flexibility index (Phi) is 18.5. The highest BCUT2D eigenvalue weighted by Crippen LogP contribution is 2.52. The minimum absolute atomic E-state index is 0. The molecule has 3 aliphatic rings. The Morgan fingerprint density at radius 1 is 0.967 bits per heavy atom. The number of methoxy groups -OCH3 is 1. The summed E-state index contributed by atoms with van der Waals surface area (Å²) in [5.41, 5.74) is 5.02. The molecule has 5 rings (SSSR count). The van der Waals surface area contributed by atoms with Gasteiger partial charge < -0.3 is 45.5 Å². The van der Waals surface area contributed by atoms with Crippen molar-refractivity contribution in [1.82, 2.24) is 5.43 Å². The monoisotopic (exact) mass is 857 g/mol. The highest BCUT2D eigenvalue weighted by molar-refractivity contribution is 6.31. The first-order valence-corrected chi connectivity index (χ1v) is 21.3. The van der Waals surface area contributed by atoms with Crippen molar-refractivity contribution >= 4 is 35.6 Å². The van der Waals surface area contributed by atoms with Crippen molar-refractivity contribution in [1.29, 1.82) is 0 Å². The lowest BCUT2D eigenvalue weighted by Gasteiger charge is -2.43. The van der Waals surface area contributed by atoms with Gasteiger partial charge in [-0.3, -0.25) is 14.4 Å². The van der Waals surface area contributed by atoms with E-state index >= 15 is 0 Å². The lowest BCUT2D eigenvalue weighted by molar-refractivity contribution is -0.245. The number of nitrogens with two attached hydrogens (primary N) is 1. The van der Waals surface area contributed by atoms with Crippen LogP contribution in [0.4, 0.5) is 0 Å². The topological polar surface area (TPSA) is 230 Å². The van der Waals surface area contributed by atoms with E-state index in [2.05, 4.69) is 29.6 Å². The number of aliphatic hydroxyl groups is 3. The number of amides is 1. The SMILES string of the molecule is CCCCCCCC/C=C\CCCCCCCC(=O)N/N=C(\CO)[C@]1(O)Cc2c(O)c3c(c(O)c2[C@@H](O[C@H]2C[C@H](N)[C@H](O)[C@H](C)O2)C1)C(=O)c1c(OC)cccc1C3=O.Cl. The van der Waals surface area contributed by atoms with Crippen molar-refractivity contribution < 1.29 is 54.1 Å². The number of hydrazone groups is 1. The maximum absolute atomic E-state index is 14.0. The summed E-state index contributed by atoms with van der Waals surface area (Å²) in [6.07, 6.45) is 14.4. The van der Waals surface area contributed by atoms with Gasteiger partial charge >= 0.3 is 0 Å². The van der Waals surface area contributed by atoms with Gasteiger partial charge in [0, 0.05) is 48.4 Å². The Morgan fingerprint density at radius 3 is 2.23 bits per heavy atom. The van der Waals surface area contributed by atoms with Crippen molar-refractivity contribution in [3.63, 3.8) is 0 Å². The van der Waals surface area contributed by atoms with Crippen LogP contribution in [-0.4, -0.2) is 92.6 Å². The second-order valence-corrected chi connectivity index (χ2v) is 16.2. The summed E-state index contributed by atoms with van der Waals surface area (Å²) in [6, 6.07) is 3.69. The molecule has 1 heterocycles. The number of hydrogen-bond acceptors (Lipinski definition) is 13. The molecule has 15 heteroatoms. The van der Waals surface area contributed by atoms with Crippen LogP contribution in [-0.2, 0) is 20.7 Å². The Bertz CT molecular complexity index is 1860. The van der Waals surface area contributed by atoms with Crippen LogP contribution in [0.2, 0.25) is 0 Å². The molecule has 1 aliphatic heterocycles. The van der Waals surface area contributed by atoms with Crippen LogP contribution in [0.25, 0.3) is 0 Å². The number of ketones is 2. The molecular formula is C45H64ClN3O11. The molecule has 8 N–H and O–H groups in total. The summed E-state index contributed by atoms with van der Waals surface area (Å²) in [6.45, 7) is 3.03. The number of carbonyl (C=O) groups excluding carboxylic acids is 3. The van der Waals surface area contributed by atoms with Gasteiger partial charge in [0.05, 0.1) is 54.4 Å². The summed E-state index contributed by atoms with van der Waals surface area (Å²) in [7, 11) is 1.34. The second-order valence-electron chi connectivity index (χ2n) is 16.2. The van der Waals surface area contributed by atoms with Gasteiger partial charge in [0.15, 0.2) is 12.1 Å². The van der Waals surface area contributed by atoms with Crippen molar-refractivity contribution in [3.8, 4) is 17.2 Å². The minimum Gasteiger partial charge on any atom is -0.507 e. The number of allylic oxidation sites excluding steroid dienone is 2. The highest BCUT2D eigenvalue weighted by atomic mass is 35.5. The summed E-state index contributed by atoms with van der Waals surface area (Å²) < 4.78 is 17.5. The lowest BCUT2D eigenvalue weighted by atomic mass is 9.71. The van der Waals surface area contributed by atoms with Crippen molar-refractivity contribution in [2.24, 2.45) is 10.8 Å².